The second kappa shape index (κ2) is 5.98. The maximum Gasteiger partial charge on any atom is 0.234 e. The average Bonchev–Trinajstić information content (AvgIpc) is 2.37. The van der Waals surface area contributed by atoms with Gasteiger partial charge in [-0.2, -0.15) is 0 Å². The van der Waals surface area contributed by atoms with Gasteiger partial charge < -0.3 is 5.32 Å². The van der Waals surface area contributed by atoms with Gasteiger partial charge in [0.15, 0.2) is 0 Å². The van der Waals surface area contributed by atoms with Crippen LogP contribution in [0, 0.1) is 5.41 Å². The Morgan fingerprint density at radius 3 is 2.33 bits per heavy atom. The number of hydrogen-bond acceptors (Lipinski definition) is 3. The molecule has 1 atom stereocenters. The normalized spacial score (nSPS) is 19.7. The highest BCUT2D eigenvalue weighted by Gasteiger charge is 2.39. The highest BCUT2D eigenvalue weighted by molar-refractivity contribution is 6.17. The Kier molecular flexibility index (Phi) is 4.47. The lowest BCUT2D eigenvalue weighted by atomic mass is 9.81. The van der Waals surface area contributed by atoms with Crippen LogP contribution in [0.25, 0.3) is 0 Å². The van der Waals surface area contributed by atoms with Gasteiger partial charge in [-0.25, -0.2) is 0 Å². The summed E-state index contributed by atoms with van der Waals surface area (Å²) in [5.41, 5.74) is 1.46. The number of carbonyl (C=O) groups is 2. The Morgan fingerprint density at radius 2 is 1.76 bits per heavy atom. The molecule has 1 aliphatic rings. The molecule has 1 N–H and O–H groups in total. The summed E-state index contributed by atoms with van der Waals surface area (Å²) in [4.78, 5) is 26.2. The van der Waals surface area contributed by atoms with Crippen molar-refractivity contribution < 1.29 is 9.59 Å². The molecule has 21 heavy (non-hydrogen) atoms. The van der Waals surface area contributed by atoms with Crippen molar-refractivity contribution in [1.29, 1.82) is 0 Å². The van der Waals surface area contributed by atoms with Crippen molar-refractivity contribution in [2.24, 2.45) is 5.41 Å². The lowest BCUT2D eigenvalue weighted by molar-refractivity contribution is -0.132. The van der Waals surface area contributed by atoms with E-state index >= 15 is 0 Å². The van der Waals surface area contributed by atoms with E-state index < -0.39 is 0 Å². The lowest BCUT2D eigenvalue weighted by Crippen LogP contribution is -2.46. The molecule has 4 nitrogen and oxygen atoms in total. The molecule has 1 fully saturated rings. The summed E-state index contributed by atoms with van der Waals surface area (Å²) in [5.74, 6) is -0.209. The van der Waals surface area contributed by atoms with Gasteiger partial charge in [0.25, 0.3) is 0 Å². The second-order valence-corrected chi connectivity index (χ2v) is 6.48. The Morgan fingerprint density at radius 1 is 1.19 bits per heavy atom. The van der Waals surface area contributed by atoms with Gasteiger partial charge in [-0.3, -0.25) is 14.5 Å². The van der Waals surface area contributed by atoms with Crippen LogP contribution < -0.4 is 10.2 Å². The number of piperidine rings is 1. The second-order valence-electron chi connectivity index (χ2n) is 6.48. The predicted molar refractivity (Wildman–Crippen MR) is 84.0 cm³/mol. The number of anilines is 1. The first kappa shape index (κ1) is 15.7. The third-order valence-electron chi connectivity index (χ3n) is 3.91. The lowest BCUT2D eigenvalue weighted by Gasteiger charge is -2.36. The van der Waals surface area contributed by atoms with Gasteiger partial charge >= 0.3 is 0 Å². The first-order chi connectivity index (χ1) is 9.85. The number of carbonyl (C=O) groups excluding carboxylic acids is 2. The van der Waals surface area contributed by atoms with Crippen LogP contribution in [0.15, 0.2) is 24.3 Å². The molecule has 0 bridgehead atoms. The van der Waals surface area contributed by atoms with E-state index in [1.54, 1.807) is 0 Å². The van der Waals surface area contributed by atoms with Crippen molar-refractivity contribution in [2.75, 3.05) is 11.4 Å². The summed E-state index contributed by atoms with van der Waals surface area (Å²) in [6.07, 6.45) is 0.811. The van der Waals surface area contributed by atoms with Crippen LogP contribution in [-0.4, -0.2) is 18.4 Å². The van der Waals surface area contributed by atoms with Gasteiger partial charge in [0.05, 0.1) is 5.69 Å². The topological polar surface area (TPSA) is 49.4 Å². The van der Waals surface area contributed by atoms with Crippen LogP contribution in [0.3, 0.4) is 0 Å². The first-order valence-corrected chi connectivity index (χ1v) is 7.54. The highest BCUT2D eigenvalue weighted by Crippen LogP contribution is 2.36. The summed E-state index contributed by atoms with van der Waals surface area (Å²) in [7, 11) is 0. The molecule has 2 amide bonds. The molecule has 1 saturated heterocycles. The molecule has 1 aromatic rings. The fourth-order valence-electron chi connectivity index (χ4n) is 2.92. The third-order valence-corrected chi connectivity index (χ3v) is 3.91. The van der Waals surface area contributed by atoms with Gasteiger partial charge in [0.2, 0.25) is 11.8 Å². The molecular formula is C17H24N2O2. The van der Waals surface area contributed by atoms with E-state index in [1.165, 1.54) is 4.90 Å². The van der Waals surface area contributed by atoms with Crippen LogP contribution in [0.2, 0.25) is 0 Å². The monoisotopic (exact) mass is 288 g/mol. The molecule has 2 rings (SSSR count). The van der Waals surface area contributed by atoms with E-state index in [2.05, 4.69) is 5.32 Å². The molecule has 4 heteroatoms. The molecule has 0 aromatic heterocycles. The van der Waals surface area contributed by atoms with Gasteiger partial charge in [-0.1, -0.05) is 39.0 Å². The molecule has 1 aliphatic heterocycles. The van der Waals surface area contributed by atoms with Crippen molar-refractivity contribution in [3.05, 3.63) is 29.8 Å². The minimum absolute atomic E-state index is 0.0988. The minimum Gasteiger partial charge on any atom is -0.310 e. The maximum absolute atomic E-state index is 12.4. The van der Waals surface area contributed by atoms with Crippen molar-refractivity contribution in [3.63, 3.8) is 0 Å². The Bertz CT molecular complexity index is 531. The zero-order chi connectivity index (χ0) is 15.6. The Labute approximate surface area is 126 Å². The number of hydrogen-bond donors (Lipinski definition) is 1. The SMILES string of the molecule is CCNC(C)c1ccccc1N1C(=O)CC(C)(C)CC1=O. The van der Waals surface area contributed by atoms with Gasteiger partial charge in [-0.15, -0.1) is 0 Å². The molecule has 1 heterocycles. The quantitative estimate of drug-likeness (QED) is 0.866. The molecule has 0 saturated carbocycles. The Hall–Kier alpha value is -1.68. The zero-order valence-corrected chi connectivity index (χ0v) is 13.3. The molecule has 0 aliphatic carbocycles. The molecule has 114 valence electrons. The number of nitrogens with zero attached hydrogens (tertiary/aromatic N) is 1. The van der Waals surface area contributed by atoms with Crippen molar-refractivity contribution in [1.82, 2.24) is 5.32 Å². The Balaban J connectivity index is 2.38. The van der Waals surface area contributed by atoms with Crippen LogP contribution in [0.5, 0.6) is 0 Å². The summed E-state index contributed by atoms with van der Waals surface area (Å²) in [6, 6.07) is 7.75. The van der Waals surface area contributed by atoms with Crippen LogP contribution in [0.4, 0.5) is 5.69 Å². The van der Waals surface area contributed by atoms with Crippen LogP contribution >= 0.6 is 0 Å². The third kappa shape index (κ3) is 3.32. The van der Waals surface area contributed by atoms with Crippen molar-refractivity contribution in [2.45, 2.75) is 46.6 Å². The number of rotatable bonds is 4. The fourth-order valence-corrected chi connectivity index (χ4v) is 2.92. The molecule has 0 radical (unpaired) electrons. The maximum atomic E-state index is 12.4. The van der Waals surface area contributed by atoms with Gasteiger partial charge in [0.1, 0.15) is 0 Å². The first-order valence-electron chi connectivity index (χ1n) is 7.54. The van der Waals surface area contributed by atoms with E-state index in [4.69, 9.17) is 0 Å². The molecular weight excluding hydrogens is 264 g/mol. The largest absolute Gasteiger partial charge is 0.310 e. The van der Waals surface area contributed by atoms with Gasteiger partial charge in [0, 0.05) is 18.9 Å². The summed E-state index contributed by atoms with van der Waals surface area (Å²) >= 11 is 0. The van der Waals surface area contributed by atoms with Gasteiger partial charge in [-0.05, 0) is 30.5 Å². The number of para-hydroxylation sites is 1. The van der Waals surface area contributed by atoms with E-state index in [-0.39, 0.29) is 23.3 Å². The molecule has 1 aromatic carbocycles. The average molecular weight is 288 g/mol. The summed E-state index contributed by atoms with van der Waals surface area (Å²) in [6.45, 7) is 8.86. The van der Waals surface area contributed by atoms with E-state index in [1.807, 2.05) is 52.0 Å². The standard InChI is InChI=1S/C17H24N2O2/c1-5-18-12(2)13-8-6-7-9-14(13)19-15(20)10-17(3,4)11-16(19)21/h6-9,12,18H,5,10-11H2,1-4H3. The van der Waals surface area contributed by atoms with E-state index in [0.717, 1.165) is 17.8 Å². The number of amides is 2. The summed E-state index contributed by atoms with van der Waals surface area (Å²) < 4.78 is 0. The van der Waals surface area contributed by atoms with E-state index in [0.29, 0.717) is 12.8 Å². The van der Waals surface area contributed by atoms with Crippen molar-refractivity contribution in [3.8, 4) is 0 Å². The molecule has 0 spiro atoms. The number of benzene rings is 1. The zero-order valence-electron chi connectivity index (χ0n) is 13.3. The fraction of sp³-hybridized carbons (Fsp3) is 0.529. The smallest absolute Gasteiger partial charge is 0.234 e. The number of imide groups is 1. The summed E-state index contributed by atoms with van der Waals surface area (Å²) in [5, 5.41) is 3.34. The van der Waals surface area contributed by atoms with Crippen molar-refractivity contribution >= 4 is 17.5 Å². The molecule has 1 unspecified atom stereocenters. The van der Waals surface area contributed by atoms with Crippen LogP contribution in [-0.2, 0) is 9.59 Å². The predicted octanol–water partition coefficient (Wildman–Crippen LogP) is 3.04. The van der Waals surface area contributed by atoms with E-state index in [9.17, 15) is 9.59 Å². The highest BCUT2D eigenvalue weighted by atomic mass is 16.2. The minimum atomic E-state index is -0.243. The number of nitrogens with one attached hydrogen (secondary N) is 1. The van der Waals surface area contributed by atoms with Crippen LogP contribution in [0.1, 0.15) is 52.1 Å².